The van der Waals surface area contributed by atoms with E-state index < -0.39 is 30.0 Å². The van der Waals surface area contributed by atoms with Gasteiger partial charge in [0.25, 0.3) is 20.2 Å². The summed E-state index contributed by atoms with van der Waals surface area (Å²) in [4.78, 5) is -1.06. The predicted octanol–water partition coefficient (Wildman–Crippen LogP) is 15.2. The molecular formula is C49H40N10O9S2. The molecule has 0 aliphatic rings. The van der Waals surface area contributed by atoms with Crippen molar-refractivity contribution in [1.29, 1.82) is 0 Å². The van der Waals surface area contributed by atoms with Crippen LogP contribution in [0.1, 0.15) is 22.3 Å². The molecule has 0 aromatic heterocycles. The van der Waals surface area contributed by atoms with E-state index in [0.717, 1.165) is 40.3 Å². The largest absolute Gasteiger partial charge is 0.505 e. The first kappa shape index (κ1) is 48.0. The molecule has 70 heavy (non-hydrogen) atoms. The molecule has 8 aromatic rings. The van der Waals surface area contributed by atoms with Gasteiger partial charge in [-0.1, -0.05) is 18.2 Å². The third-order valence-corrected chi connectivity index (χ3v) is 12.6. The molecule has 4 N–H and O–H groups in total. The van der Waals surface area contributed by atoms with Crippen molar-refractivity contribution in [2.75, 3.05) is 7.11 Å². The zero-order valence-corrected chi connectivity index (χ0v) is 39.4. The molecule has 0 fully saturated rings. The molecule has 0 atom stereocenters. The molecule has 0 unspecified atom stereocenters. The lowest BCUT2D eigenvalue weighted by Gasteiger charge is -2.08. The number of phenolic OH excluding ortho intramolecular Hbond substituents is 2. The second-order valence-electron chi connectivity index (χ2n) is 15.8. The maximum Gasteiger partial charge on any atom is 0.296 e. The molecule has 0 amide bonds. The van der Waals surface area contributed by atoms with Crippen LogP contribution in [0.2, 0.25) is 0 Å². The fraction of sp³-hybridized carbons (Fsp3) is 0.102. The zero-order valence-electron chi connectivity index (χ0n) is 37.7. The van der Waals surface area contributed by atoms with Crippen LogP contribution in [-0.2, 0) is 20.2 Å². The van der Waals surface area contributed by atoms with Gasteiger partial charge < -0.3 is 14.9 Å². The van der Waals surface area contributed by atoms with Gasteiger partial charge in [-0.05, 0) is 164 Å². The maximum absolute atomic E-state index is 12.2. The van der Waals surface area contributed by atoms with Crippen LogP contribution in [0.25, 0.3) is 21.5 Å². The minimum Gasteiger partial charge on any atom is -0.505 e. The number of phenols is 2. The summed E-state index contributed by atoms with van der Waals surface area (Å²) >= 11 is 0. The van der Waals surface area contributed by atoms with Crippen molar-refractivity contribution in [1.82, 2.24) is 0 Å². The number of azo groups is 5. The highest BCUT2D eigenvalue weighted by Gasteiger charge is 2.21. The van der Waals surface area contributed by atoms with E-state index >= 15 is 0 Å². The highest BCUT2D eigenvalue weighted by atomic mass is 32.2. The Labute approximate surface area is 400 Å². The number of benzene rings is 8. The van der Waals surface area contributed by atoms with E-state index in [0.29, 0.717) is 56.4 Å². The summed E-state index contributed by atoms with van der Waals surface area (Å²) in [6, 6.07) is 33.4. The van der Waals surface area contributed by atoms with Crippen molar-refractivity contribution in [2.24, 2.45) is 51.1 Å². The van der Waals surface area contributed by atoms with E-state index in [2.05, 4.69) is 51.1 Å². The molecule has 0 spiro atoms. The van der Waals surface area contributed by atoms with Gasteiger partial charge in [0.15, 0.2) is 17.2 Å². The van der Waals surface area contributed by atoms with Crippen molar-refractivity contribution in [3.05, 3.63) is 150 Å². The summed E-state index contributed by atoms with van der Waals surface area (Å²) in [5.74, 6) is 0.249. The molecule has 21 heteroatoms. The monoisotopic (exact) mass is 976 g/mol. The van der Waals surface area contributed by atoms with Crippen LogP contribution in [0.4, 0.5) is 56.9 Å². The van der Waals surface area contributed by atoms with Crippen molar-refractivity contribution < 1.29 is 40.9 Å². The second-order valence-corrected chi connectivity index (χ2v) is 18.6. The van der Waals surface area contributed by atoms with Crippen LogP contribution in [0.5, 0.6) is 17.2 Å². The Morgan fingerprint density at radius 1 is 0.400 bits per heavy atom. The standard InChI is InChI=1S/C49H40N10O9S2/c1-27-19-34(11-16-39(27)54-52-33-12-17-40(28(2)20-33)55-59-44-26-38-31(24-48(44)70(65,66)67)7-6-8-47(38)69(62,63)64)53-57-42-21-30(4)43(22-29(42)3)58-56-41-15-9-32-23-35(10-14-37(32)49(41)61)50-51-36-13-18-45(60)46(25-36)68-5/h6-26,60-61H,1-5H3,(H,62,63,64)(H,65,66,67). The fourth-order valence-corrected chi connectivity index (χ4v) is 8.46. The molecule has 0 aliphatic heterocycles. The van der Waals surface area contributed by atoms with Gasteiger partial charge in [-0.15, -0.1) is 10.2 Å². The number of nitrogens with zero attached hydrogens (tertiary/aromatic N) is 10. The van der Waals surface area contributed by atoms with E-state index in [1.165, 1.54) is 25.3 Å². The number of aryl methyl sites for hydroxylation is 4. The average molecular weight is 977 g/mol. The molecule has 0 saturated carbocycles. The number of hydrogen-bond donors (Lipinski definition) is 4. The molecule has 0 heterocycles. The molecule has 19 nitrogen and oxygen atoms in total. The van der Waals surface area contributed by atoms with Crippen molar-refractivity contribution in [3.63, 3.8) is 0 Å². The second kappa shape index (κ2) is 19.6. The number of rotatable bonds is 13. The molecule has 8 aromatic carbocycles. The number of hydrogen-bond acceptors (Lipinski definition) is 17. The first-order chi connectivity index (χ1) is 33.3. The Morgan fingerprint density at radius 2 is 0.857 bits per heavy atom. The topological polar surface area (TPSA) is 282 Å². The zero-order chi connectivity index (χ0) is 49.9. The Kier molecular flexibility index (Phi) is 13.4. The summed E-state index contributed by atoms with van der Waals surface area (Å²) in [6.45, 7) is 7.35. The number of fused-ring (bicyclic) bond motifs is 2. The van der Waals surface area contributed by atoms with Crippen LogP contribution in [0.15, 0.2) is 188 Å². The minimum atomic E-state index is -4.80. The minimum absolute atomic E-state index is 0.000871. The normalized spacial score (nSPS) is 12.6. The van der Waals surface area contributed by atoms with Crippen LogP contribution >= 0.6 is 0 Å². The van der Waals surface area contributed by atoms with Gasteiger partial charge in [-0.25, -0.2) is 0 Å². The van der Waals surface area contributed by atoms with Crippen LogP contribution < -0.4 is 4.74 Å². The molecule has 352 valence electrons. The quantitative estimate of drug-likeness (QED) is 0.0630. The van der Waals surface area contributed by atoms with Crippen LogP contribution in [-0.4, -0.2) is 43.3 Å². The highest BCUT2D eigenvalue weighted by Crippen LogP contribution is 2.40. The Hall–Kier alpha value is -8.50. The molecule has 0 aliphatic carbocycles. The van der Waals surface area contributed by atoms with E-state index in [4.69, 9.17) is 4.74 Å². The Morgan fingerprint density at radius 3 is 1.46 bits per heavy atom. The van der Waals surface area contributed by atoms with Crippen LogP contribution in [0, 0.1) is 27.7 Å². The summed E-state index contributed by atoms with van der Waals surface area (Å²) < 4.78 is 73.2. The van der Waals surface area contributed by atoms with E-state index in [9.17, 15) is 36.2 Å². The smallest absolute Gasteiger partial charge is 0.296 e. The van der Waals surface area contributed by atoms with Gasteiger partial charge in [0.05, 0.1) is 52.6 Å². The first-order valence-electron chi connectivity index (χ1n) is 20.9. The van der Waals surface area contributed by atoms with Gasteiger partial charge in [0.2, 0.25) is 0 Å². The van der Waals surface area contributed by atoms with Gasteiger partial charge in [0.1, 0.15) is 21.2 Å². The predicted molar refractivity (Wildman–Crippen MR) is 263 cm³/mol. The van der Waals surface area contributed by atoms with Crippen molar-refractivity contribution in [2.45, 2.75) is 37.5 Å². The van der Waals surface area contributed by atoms with Gasteiger partial charge >= 0.3 is 0 Å². The van der Waals surface area contributed by atoms with Crippen LogP contribution in [0.3, 0.4) is 0 Å². The Bertz CT molecular complexity index is 3800. The SMILES string of the molecule is COc1cc(N=Nc2ccc3c(O)c(N=Nc4cc(C)c(N=Nc5ccc(N=Nc6ccc(N=Nc7cc8c(S(=O)(=O)O)cccc8cc7S(=O)(=O)O)c(C)c6)c(C)c5)cc4C)ccc3c2)ccc1O. The van der Waals surface area contributed by atoms with Gasteiger partial charge in [0, 0.05) is 16.8 Å². The molecular weight excluding hydrogens is 937 g/mol. The summed E-state index contributed by atoms with van der Waals surface area (Å²) in [7, 11) is -8.02. The lowest BCUT2D eigenvalue weighted by atomic mass is 10.1. The summed E-state index contributed by atoms with van der Waals surface area (Å²) in [5.41, 5.74) is 7.15. The molecule has 0 bridgehead atoms. The van der Waals surface area contributed by atoms with E-state index in [1.807, 2.05) is 45.0 Å². The van der Waals surface area contributed by atoms with Gasteiger partial charge in [-0.2, -0.15) is 57.7 Å². The third kappa shape index (κ3) is 10.8. The summed E-state index contributed by atoms with van der Waals surface area (Å²) in [6.07, 6.45) is 0. The molecule has 0 saturated heterocycles. The van der Waals surface area contributed by atoms with Crippen molar-refractivity contribution in [3.8, 4) is 17.2 Å². The highest BCUT2D eigenvalue weighted by molar-refractivity contribution is 7.86. The maximum atomic E-state index is 12.2. The lowest BCUT2D eigenvalue weighted by molar-refractivity contribution is 0.373. The lowest BCUT2D eigenvalue weighted by Crippen LogP contribution is -2.01. The van der Waals surface area contributed by atoms with Gasteiger partial charge in [-0.3, -0.25) is 9.11 Å². The Balaban J connectivity index is 0.924. The number of aromatic hydroxyl groups is 2. The third-order valence-electron chi connectivity index (χ3n) is 10.8. The van der Waals surface area contributed by atoms with E-state index in [-0.39, 0.29) is 39.4 Å². The molecule has 0 radical (unpaired) electrons. The summed E-state index contributed by atoms with van der Waals surface area (Å²) in [5, 5.41) is 65.5. The van der Waals surface area contributed by atoms with Crippen molar-refractivity contribution >= 4 is 98.7 Å². The first-order valence-corrected chi connectivity index (χ1v) is 23.8. The van der Waals surface area contributed by atoms with E-state index in [1.54, 1.807) is 73.7 Å². The fourth-order valence-electron chi connectivity index (χ4n) is 7.12. The number of methoxy groups -OCH3 is 1. The number of ether oxygens (including phenoxy) is 1. The average Bonchev–Trinajstić information content (AvgIpc) is 3.32. The molecule has 8 rings (SSSR count).